The van der Waals surface area contributed by atoms with Crippen LogP contribution >= 0.6 is 0 Å². The van der Waals surface area contributed by atoms with Crippen LogP contribution in [0.2, 0.25) is 0 Å². The van der Waals surface area contributed by atoms with Gasteiger partial charge in [-0.1, -0.05) is 178 Å². The number of hydrogen-bond donors (Lipinski definition) is 0. The standard InChI is InChI=1S/C46H36/c1-46(2,3)43-23-12-11-21-41(43)45-39-19-9-7-17-37(39)44(38-18-8-10-20-40(38)45)35-29-28-33-16-13-22-36(42(33)30-35)34-26-24-32(25-27-34)31-14-5-4-6-15-31/h4-30H,1-3H3. The molecule has 0 bridgehead atoms. The van der Waals surface area contributed by atoms with E-state index < -0.39 is 0 Å². The lowest BCUT2D eigenvalue weighted by Gasteiger charge is -2.25. The van der Waals surface area contributed by atoms with Gasteiger partial charge < -0.3 is 0 Å². The molecule has 0 aromatic heterocycles. The van der Waals surface area contributed by atoms with E-state index in [9.17, 15) is 0 Å². The first-order valence-electron chi connectivity index (χ1n) is 16.2. The predicted molar refractivity (Wildman–Crippen MR) is 199 cm³/mol. The van der Waals surface area contributed by atoms with Crippen LogP contribution in [0.4, 0.5) is 0 Å². The minimum absolute atomic E-state index is 0.0194. The third-order valence-electron chi connectivity index (χ3n) is 9.41. The van der Waals surface area contributed by atoms with Gasteiger partial charge in [-0.25, -0.2) is 0 Å². The van der Waals surface area contributed by atoms with Crippen molar-refractivity contribution in [3.8, 4) is 44.5 Å². The highest BCUT2D eigenvalue weighted by Crippen LogP contribution is 2.46. The smallest absolute Gasteiger partial charge is 0.00234 e. The molecule has 8 aromatic carbocycles. The van der Waals surface area contributed by atoms with E-state index in [0.29, 0.717) is 0 Å². The summed E-state index contributed by atoms with van der Waals surface area (Å²) in [5.41, 5.74) is 11.5. The molecule has 220 valence electrons. The van der Waals surface area contributed by atoms with Gasteiger partial charge in [0.05, 0.1) is 0 Å². The lowest BCUT2D eigenvalue weighted by molar-refractivity contribution is 0.592. The van der Waals surface area contributed by atoms with E-state index in [1.807, 2.05) is 0 Å². The summed E-state index contributed by atoms with van der Waals surface area (Å²) in [5.74, 6) is 0. The second-order valence-corrected chi connectivity index (χ2v) is 13.3. The normalized spacial score (nSPS) is 11.8. The van der Waals surface area contributed by atoms with Gasteiger partial charge in [0.15, 0.2) is 0 Å². The molecule has 0 N–H and O–H groups in total. The highest BCUT2D eigenvalue weighted by Gasteiger charge is 2.23. The van der Waals surface area contributed by atoms with Crippen molar-refractivity contribution in [1.29, 1.82) is 0 Å². The van der Waals surface area contributed by atoms with Crippen molar-refractivity contribution in [1.82, 2.24) is 0 Å². The first-order valence-corrected chi connectivity index (χ1v) is 16.2. The molecule has 8 rings (SSSR count). The maximum atomic E-state index is 2.41. The van der Waals surface area contributed by atoms with Crippen molar-refractivity contribution in [3.63, 3.8) is 0 Å². The van der Waals surface area contributed by atoms with E-state index >= 15 is 0 Å². The summed E-state index contributed by atoms with van der Waals surface area (Å²) in [7, 11) is 0. The van der Waals surface area contributed by atoms with Crippen molar-refractivity contribution < 1.29 is 0 Å². The van der Waals surface area contributed by atoms with Crippen LogP contribution in [0, 0.1) is 0 Å². The lowest BCUT2D eigenvalue weighted by atomic mass is 9.78. The molecule has 0 heteroatoms. The third kappa shape index (κ3) is 4.78. The summed E-state index contributed by atoms with van der Waals surface area (Å²) in [6.45, 7) is 6.94. The van der Waals surface area contributed by atoms with E-state index in [4.69, 9.17) is 0 Å². The molecule has 0 unspecified atom stereocenters. The van der Waals surface area contributed by atoms with Crippen LogP contribution in [0.5, 0.6) is 0 Å². The molecule has 0 aliphatic heterocycles. The fraction of sp³-hybridized carbons (Fsp3) is 0.0870. The molecule has 0 heterocycles. The van der Waals surface area contributed by atoms with Gasteiger partial charge in [-0.2, -0.15) is 0 Å². The summed E-state index contributed by atoms with van der Waals surface area (Å²) in [4.78, 5) is 0. The van der Waals surface area contributed by atoms with E-state index in [1.54, 1.807) is 0 Å². The van der Waals surface area contributed by atoms with Crippen LogP contribution in [0.25, 0.3) is 76.8 Å². The third-order valence-corrected chi connectivity index (χ3v) is 9.41. The Labute approximate surface area is 271 Å². The van der Waals surface area contributed by atoms with Crippen molar-refractivity contribution in [2.45, 2.75) is 26.2 Å². The summed E-state index contributed by atoms with van der Waals surface area (Å²) < 4.78 is 0. The second kappa shape index (κ2) is 11.2. The maximum Gasteiger partial charge on any atom is -0.00234 e. The summed E-state index contributed by atoms with van der Waals surface area (Å²) >= 11 is 0. The minimum Gasteiger partial charge on any atom is -0.0622 e. The molecule has 0 saturated heterocycles. The molecule has 0 saturated carbocycles. The predicted octanol–water partition coefficient (Wildman–Crippen LogP) is 13.1. The lowest BCUT2D eigenvalue weighted by Crippen LogP contribution is -2.12. The number of benzene rings is 8. The second-order valence-electron chi connectivity index (χ2n) is 13.3. The zero-order valence-electron chi connectivity index (χ0n) is 26.6. The van der Waals surface area contributed by atoms with Crippen LogP contribution in [-0.4, -0.2) is 0 Å². The minimum atomic E-state index is 0.0194. The Kier molecular flexibility index (Phi) is 6.80. The first-order chi connectivity index (χ1) is 22.5. The van der Waals surface area contributed by atoms with Crippen molar-refractivity contribution >= 4 is 32.3 Å². The zero-order chi connectivity index (χ0) is 31.3. The Bertz CT molecular complexity index is 2310. The fourth-order valence-corrected chi connectivity index (χ4v) is 7.24. The molecule has 0 aliphatic carbocycles. The van der Waals surface area contributed by atoms with Crippen LogP contribution < -0.4 is 0 Å². The molecule has 0 spiro atoms. The monoisotopic (exact) mass is 588 g/mol. The average molecular weight is 589 g/mol. The fourth-order valence-electron chi connectivity index (χ4n) is 7.24. The van der Waals surface area contributed by atoms with Gasteiger partial charge in [0.2, 0.25) is 0 Å². The van der Waals surface area contributed by atoms with Crippen molar-refractivity contribution in [2.75, 3.05) is 0 Å². The highest BCUT2D eigenvalue weighted by atomic mass is 14.3. The quantitative estimate of drug-likeness (QED) is 0.179. The Hall–Kier alpha value is -5.46. The number of hydrogen-bond acceptors (Lipinski definition) is 0. The molecule has 0 radical (unpaired) electrons. The van der Waals surface area contributed by atoms with E-state index in [0.717, 1.165) is 0 Å². The Morgan fingerprint density at radius 1 is 0.326 bits per heavy atom. The number of fused-ring (bicyclic) bond motifs is 3. The molecule has 8 aromatic rings. The van der Waals surface area contributed by atoms with Gasteiger partial charge >= 0.3 is 0 Å². The Morgan fingerprint density at radius 2 is 0.826 bits per heavy atom. The van der Waals surface area contributed by atoms with Crippen molar-refractivity contribution in [2.24, 2.45) is 0 Å². The SMILES string of the molecule is CC(C)(C)c1ccccc1-c1c2ccccc2c(-c2ccc3cccc(-c4ccc(-c5ccccc5)cc4)c3c2)c2ccccc12. The van der Waals surface area contributed by atoms with Gasteiger partial charge in [0.25, 0.3) is 0 Å². The number of rotatable bonds is 4. The zero-order valence-corrected chi connectivity index (χ0v) is 26.6. The van der Waals surface area contributed by atoms with Gasteiger partial charge in [0, 0.05) is 0 Å². The van der Waals surface area contributed by atoms with Crippen LogP contribution in [0.1, 0.15) is 26.3 Å². The van der Waals surface area contributed by atoms with Crippen LogP contribution in [-0.2, 0) is 5.41 Å². The van der Waals surface area contributed by atoms with Crippen molar-refractivity contribution in [3.05, 3.63) is 169 Å². The largest absolute Gasteiger partial charge is 0.0622 e. The highest BCUT2D eigenvalue weighted by molar-refractivity contribution is 6.22. The summed E-state index contributed by atoms with van der Waals surface area (Å²) in [6.07, 6.45) is 0. The van der Waals surface area contributed by atoms with Gasteiger partial charge in [-0.15, -0.1) is 0 Å². The molecule has 0 amide bonds. The average Bonchev–Trinajstić information content (AvgIpc) is 3.10. The molecular weight excluding hydrogens is 553 g/mol. The van der Waals surface area contributed by atoms with E-state index in [1.165, 1.54) is 82.4 Å². The van der Waals surface area contributed by atoms with Gasteiger partial charge in [0.1, 0.15) is 0 Å². The maximum absolute atomic E-state index is 2.41. The van der Waals surface area contributed by atoms with Gasteiger partial charge in [-0.3, -0.25) is 0 Å². The van der Waals surface area contributed by atoms with Crippen LogP contribution in [0.3, 0.4) is 0 Å². The van der Waals surface area contributed by atoms with Gasteiger partial charge in [-0.05, 0) is 93.9 Å². The first kappa shape index (κ1) is 28.0. The van der Waals surface area contributed by atoms with E-state index in [-0.39, 0.29) is 5.41 Å². The molecule has 0 aliphatic rings. The summed E-state index contributed by atoms with van der Waals surface area (Å²) in [6, 6.07) is 60.2. The Morgan fingerprint density at radius 3 is 1.48 bits per heavy atom. The topological polar surface area (TPSA) is 0 Å². The summed E-state index contributed by atoms with van der Waals surface area (Å²) in [5, 5.41) is 7.66. The molecule has 46 heavy (non-hydrogen) atoms. The Balaban J connectivity index is 1.36. The molecule has 0 nitrogen and oxygen atoms in total. The molecule has 0 atom stereocenters. The van der Waals surface area contributed by atoms with Crippen LogP contribution in [0.15, 0.2) is 164 Å². The van der Waals surface area contributed by atoms with E-state index in [2.05, 4.69) is 185 Å². The molecular formula is C46H36. The molecule has 0 fully saturated rings.